The second-order valence-corrected chi connectivity index (χ2v) is 6.71. The zero-order chi connectivity index (χ0) is 19.4. The van der Waals surface area contributed by atoms with Crippen LogP contribution in [0.4, 0.5) is 5.69 Å². The average molecular weight is 372 g/mol. The number of hydrogen-bond acceptors (Lipinski definition) is 5. The van der Waals surface area contributed by atoms with Gasteiger partial charge in [0, 0.05) is 30.3 Å². The number of carbonyl (C=O) groups excluding carboxylic acids is 1. The first-order chi connectivity index (χ1) is 13.5. The second kappa shape index (κ2) is 5.85. The standard InChI is InChI=1S/C22H16N2O4/c1-23-15-7-3-5-9-17(15)27-19(23)11-13-21(25)14(22(13)26)12-20-24(2)16-8-4-6-10-18(16)28-20/h3-12H,1-2H3. The van der Waals surface area contributed by atoms with E-state index in [1.54, 1.807) is 0 Å². The van der Waals surface area contributed by atoms with Crippen molar-refractivity contribution >= 4 is 28.6 Å². The lowest BCUT2D eigenvalue weighted by atomic mass is 9.87. The summed E-state index contributed by atoms with van der Waals surface area (Å²) in [5.41, 5.74) is 2.69. The number of aromatic nitrogens is 1. The molecular formula is C22H16N2O4. The van der Waals surface area contributed by atoms with E-state index in [2.05, 4.69) is 0 Å². The fraction of sp³-hybridized carbons (Fsp3) is 0.0909. The Hall–Kier alpha value is -3.80. The van der Waals surface area contributed by atoms with Crippen LogP contribution in [0.5, 0.6) is 5.75 Å². The first kappa shape index (κ1) is 16.4. The average Bonchev–Trinajstić information content (AvgIpc) is 3.21. The van der Waals surface area contributed by atoms with Crippen molar-refractivity contribution in [2.24, 2.45) is 7.05 Å². The molecule has 0 saturated heterocycles. The van der Waals surface area contributed by atoms with Gasteiger partial charge < -0.3 is 19.2 Å². The summed E-state index contributed by atoms with van der Waals surface area (Å²) in [7, 11) is 3.66. The van der Waals surface area contributed by atoms with Gasteiger partial charge >= 0.3 is 5.89 Å². The number of aryl methyl sites for hydroxylation is 1. The number of carbonyl (C=O) groups is 1. The lowest BCUT2D eigenvalue weighted by Gasteiger charge is -2.28. The summed E-state index contributed by atoms with van der Waals surface area (Å²) >= 11 is 0. The number of anilines is 1. The van der Waals surface area contributed by atoms with E-state index in [1.807, 2.05) is 72.1 Å². The van der Waals surface area contributed by atoms with Crippen molar-refractivity contribution in [3.8, 4) is 5.75 Å². The minimum atomic E-state index is -0.314. The molecule has 0 radical (unpaired) electrons. The molecule has 6 heteroatoms. The minimum absolute atomic E-state index is 0.111. The zero-order valence-corrected chi connectivity index (χ0v) is 15.3. The SMILES string of the molecule is CN1/C(=C\C2=C([O-])C(=C/c3oc4ccccc4[n+]3C)/C2=O)Oc2ccccc21. The van der Waals surface area contributed by atoms with Crippen LogP contribution >= 0.6 is 0 Å². The Morgan fingerprint density at radius 2 is 1.82 bits per heavy atom. The monoisotopic (exact) mass is 372 g/mol. The first-order valence-corrected chi connectivity index (χ1v) is 8.82. The van der Waals surface area contributed by atoms with Crippen LogP contribution in [0.2, 0.25) is 0 Å². The minimum Gasteiger partial charge on any atom is -0.871 e. The predicted molar refractivity (Wildman–Crippen MR) is 101 cm³/mol. The number of benzene rings is 2. The molecule has 0 unspecified atom stereocenters. The van der Waals surface area contributed by atoms with Gasteiger partial charge in [0.2, 0.25) is 11.5 Å². The third kappa shape index (κ3) is 2.28. The molecule has 0 atom stereocenters. The molecule has 6 nitrogen and oxygen atoms in total. The Kier molecular flexibility index (Phi) is 3.42. The van der Waals surface area contributed by atoms with Crippen molar-refractivity contribution in [1.29, 1.82) is 0 Å². The Morgan fingerprint density at radius 1 is 1.07 bits per heavy atom. The number of nitrogens with zero attached hydrogens (tertiary/aromatic N) is 2. The molecule has 28 heavy (non-hydrogen) atoms. The van der Waals surface area contributed by atoms with Gasteiger partial charge in [-0.3, -0.25) is 4.79 Å². The van der Waals surface area contributed by atoms with Crippen LogP contribution in [0, 0.1) is 0 Å². The van der Waals surface area contributed by atoms with E-state index in [4.69, 9.17) is 9.15 Å². The highest BCUT2D eigenvalue weighted by molar-refractivity contribution is 6.22. The summed E-state index contributed by atoms with van der Waals surface area (Å²) in [6, 6.07) is 15.1. The normalized spacial score (nSPS) is 18.8. The van der Waals surface area contributed by atoms with Gasteiger partial charge in [-0.05, 0) is 18.2 Å². The maximum atomic E-state index is 12.6. The number of oxazole rings is 1. The van der Waals surface area contributed by atoms with Crippen LogP contribution in [0.1, 0.15) is 5.89 Å². The number of rotatable bonds is 2. The summed E-state index contributed by atoms with van der Waals surface area (Å²) in [5, 5.41) is 12.6. The van der Waals surface area contributed by atoms with E-state index in [9.17, 15) is 9.90 Å². The fourth-order valence-corrected chi connectivity index (χ4v) is 3.44. The van der Waals surface area contributed by atoms with E-state index in [0.717, 1.165) is 11.2 Å². The lowest BCUT2D eigenvalue weighted by Crippen LogP contribution is -2.33. The number of allylic oxidation sites excluding steroid dienone is 3. The summed E-state index contributed by atoms with van der Waals surface area (Å²) in [6.07, 6.45) is 3.00. The summed E-state index contributed by atoms with van der Waals surface area (Å²) in [4.78, 5) is 14.4. The van der Waals surface area contributed by atoms with E-state index in [-0.39, 0.29) is 22.7 Å². The largest absolute Gasteiger partial charge is 0.871 e. The topological polar surface area (TPSA) is 69.6 Å². The Labute approximate surface area is 160 Å². The van der Waals surface area contributed by atoms with Gasteiger partial charge in [-0.25, -0.2) is 0 Å². The third-order valence-corrected chi connectivity index (χ3v) is 5.06. The quantitative estimate of drug-likeness (QED) is 0.510. The molecule has 3 aromatic rings. The fourth-order valence-electron chi connectivity index (χ4n) is 3.44. The maximum absolute atomic E-state index is 12.6. The highest BCUT2D eigenvalue weighted by Crippen LogP contribution is 2.39. The number of ketones is 1. The van der Waals surface area contributed by atoms with Crippen LogP contribution < -0.4 is 19.3 Å². The van der Waals surface area contributed by atoms with Gasteiger partial charge in [0.1, 0.15) is 7.05 Å². The number of fused-ring (bicyclic) bond motifs is 2. The molecule has 138 valence electrons. The molecule has 2 heterocycles. The van der Waals surface area contributed by atoms with Crippen molar-refractivity contribution in [2.75, 3.05) is 11.9 Å². The van der Waals surface area contributed by atoms with Gasteiger partial charge in [0.05, 0.1) is 11.8 Å². The van der Waals surface area contributed by atoms with Gasteiger partial charge in [-0.2, -0.15) is 4.57 Å². The van der Waals surface area contributed by atoms with Crippen molar-refractivity contribution in [3.63, 3.8) is 0 Å². The predicted octanol–water partition coefficient (Wildman–Crippen LogP) is 2.21. The van der Waals surface area contributed by atoms with Crippen molar-refractivity contribution in [3.05, 3.63) is 83.3 Å². The van der Waals surface area contributed by atoms with Gasteiger partial charge in [0.15, 0.2) is 11.5 Å². The number of Topliss-reactive ketones (excluding diaryl/α,β-unsaturated/α-hetero) is 1. The van der Waals surface area contributed by atoms with Crippen LogP contribution in [0.25, 0.3) is 17.2 Å². The molecule has 1 aromatic heterocycles. The third-order valence-electron chi connectivity index (χ3n) is 5.06. The van der Waals surface area contributed by atoms with Crippen LogP contribution in [-0.2, 0) is 11.8 Å². The Balaban J connectivity index is 1.50. The molecule has 2 aliphatic rings. The Bertz CT molecular complexity index is 1250. The molecule has 0 bridgehead atoms. The highest BCUT2D eigenvalue weighted by atomic mass is 16.5. The zero-order valence-electron chi connectivity index (χ0n) is 15.3. The molecule has 1 aliphatic carbocycles. The smallest absolute Gasteiger partial charge is 0.374 e. The van der Waals surface area contributed by atoms with Gasteiger partial charge in [-0.15, -0.1) is 0 Å². The summed E-state index contributed by atoms with van der Waals surface area (Å²) < 4.78 is 13.3. The van der Waals surface area contributed by atoms with E-state index in [1.165, 1.54) is 12.2 Å². The van der Waals surface area contributed by atoms with Crippen molar-refractivity contribution in [2.45, 2.75) is 0 Å². The van der Waals surface area contributed by atoms with E-state index in [0.29, 0.717) is 23.1 Å². The molecular weight excluding hydrogens is 356 g/mol. The van der Waals surface area contributed by atoms with E-state index < -0.39 is 0 Å². The second-order valence-electron chi connectivity index (χ2n) is 6.71. The number of hydrogen-bond donors (Lipinski definition) is 0. The van der Waals surface area contributed by atoms with Crippen molar-refractivity contribution < 1.29 is 23.6 Å². The maximum Gasteiger partial charge on any atom is 0.374 e. The van der Waals surface area contributed by atoms with Crippen LogP contribution in [0.15, 0.2) is 81.8 Å². The lowest BCUT2D eigenvalue weighted by molar-refractivity contribution is -0.652. The van der Waals surface area contributed by atoms with Crippen LogP contribution in [0.3, 0.4) is 0 Å². The molecule has 0 amide bonds. The Morgan fingerprint density at radius 3 is 2.57 bits per heavy atom. The van der Waals surface area contributed by atoms with Gasteiger partial charge in [0.25, 0.3) is 5.52 Å². The van der Waals surface area contributed by atoms with Gasteiger partial charge in [-0.1, -0.05) is 30.0 Å². The molecule has 1 aliphatic heterocycles. The molecule has 0 spiro atoms. The summed E-state index contributed by atoms with van der Waals surface area (Å²) in [5.74, 6) is 0.968. The highest BCUT2D eigenvalue weighted by Gasteiger charge is 2.31. The summed E-state index contributed by atoms with van der Waals surface area (Å²) in [6.45, 7) is 0. The van der Waals surface area contributed by atoms with E-state index >= 15 is 0 Å². The molecule has 0 fully saturated rings. The molecule has 0 saturated carbocycles. The van der Waals surface area contributed by atoms with Crippen LogP contribution in [-0.4, -0.2) is 12.8 Å². The molecule has 5 rings (SSSR count). The van der Waals surface area contributed by atoms with Crippen molar-refractivity contribution in [1.82, 2.24) is 0 Å². The number of ether oxygens (including phenoxy) is 1. The first-order valence-electron chi connectivity index (χ1n) is 8.82. The molecule has 2 aromatic carbocycles. The number of para-hydroxylation sites is 4. The molecule has 0 N–H and O–H groups in total.